The molecule has 1 amide bonds. The Labute approximate surface area is 116 Å². The highest BCUT2D eigenvalue weighted by Gasteiger charge is 2.30. The molecule has 0 bridgehead atoms. The molecule has 2 aliphatic heterocycles. The molecule has 2 aliphatic rings. The fourth-order valence-electron chi connectivity index (χ4n) is 2.44. The number of nitrogens with zero attached hydrogens (tertiary/aromatic N) is 4. The van der Waals surface area contributed by atoms with Crippen molar-refractivity contribution in [3.8, 4) is 0 Å². The second-order valence-electron chi connectivity index (χ2n) is 5.31. The van der Waals surface area contributed by atoms with E-state index in [-0.39, 0.29) is 11.9 Å². The predicted molar refractivity (Wildman–Crippen MR) is 70.2 cm³/mol. The summed E-state index contributed by atoms with van der Waals surface area (Å²) in [6.45, 7) is 4.09. The van der Waals surface area contributed by atoms with Crippen molar-refractivity contribution in [3.63, 3.8) is 0 Å². The van der Waals surface area contributed by atoms with Crippen LogP contribution in [-0.2, 0) is 4.74 Å². The molecule has 1 aromatic heterocycles. The SMILES string of the molecule is CC1=CCN(C(=O)c2cn([C@@H]3COC[C@H]3O)nn2)CC1. The zero-order chi connectivity index (χ0) is 14.1. The maximum Gasteiger partial charge on any atom is 0.276 e. The summed E-state index contributed by atoms with van der Waals surface area (Å²) in [4.78, 5) is 14.1. The first-order chi connectivity index (χ1) is 9.65. The number of ether oxygens (including phenoxy) is 1. The molecule has 2 atom stereocenters. The van der Waals surface area contributed by atoms with E-state index in [1.54, 1.807) is 11.1 Å². The van der Waals surface area contributed by atoms with Crippen molar-refractivity contribution in [3.05, 3.63) is 23.5 Å². The Kier molecular flexibility index (Phi) is 3.54. The van der Waals surface area contributed by atoms with Gasteiger partial charge in [-0.25, -0.2) is 4.68 Å². The summed E-state index contributed by atoms with van der Waals surface area (Å²) in [6, 6.07) is -0.257. The lowest BCUT2D eigenvalue weighted by molar-refractivity contribution is 0.0763. The van der Waals surface area contributed by atoms with Gasteiger partial charge in [-0.1, -0.05) is 16.9 Å². The molecule has 108 valence electrons. The molecule has 0 unspecified atom stereocenters. The van der Waals surface area contributed by atoms with Crippen molar-refractivity contribution in [1.82, 2.24) is 19.9 Å². The average molecular weight is 278 g/mol. The van der Waals surface area contributed by atoms with E-state index in [0.717, 1.165) is 6.42 Å². The van der Waals surface area contributed by atoms with Crippen LogP contribution in [0.2, 0.25) is 0 Å². The first-order valence-electron chi connectivity index (χ1n) is 6.77. The van der Waals surface area contributed by atoms with E-state index in [1.165, 1.54) is 10.3 Å². The van der Waals surface area contributed by atoms with Crippen LogP contribution in [0.25, 0.3) is 0 Å². The summed E-state index contributed by atoms with van der Waals surface area (Å²) in [7, 11) is 0. The maximum absolute atomic E-state index is 12.3. The van der Waals surface area contributed by atoms with Gasteiger partial charge in [-0.15, -0.1) is 5.10 Å². The van der Waals surface area contributed by atoms with Crippen LogP contribution in [0.3, 0.4) is 0 Å². The lowest BCUT2D eigenvalue weighted by Crippen LogP contribution is -2.34. The van der Waals surface area contributed by atoms with E-state index in [0.29, 0.717) is 32.0 Å². The summed E-state index contributed by atoms with van der Waals surface area (Å²) < 4.78 is 6.70. The predicted octanol–water partition coefficient (Wildman–Crippen LogP) is 0.00250. The minimum atomic E-state index is -0.597. The molecule has 3 heterocycles. The highest BCUT2D eigenvalue weighted by molar-refractivity contribution is 5.92. The molecule has 1 N–H and O–H groups in total. The number of aromatic nitrogens is 3. The summed E-state index contributed by atoms with van der Waals surface area (Å²) >= 11 is 0. The van der Waals surface area contributed by atoms with Gasteiger partial charge in [0.05, 0.1) is 19.4 Å². The highest BCUT2D eigenvalue weighted by Crippen LogP contribution is 2.19. The quantitative estimate of drug-likeness (QED) is 0.770. The summed E-state index contributed by atoms with van der Waals surface area (Å²) in [5, 5.41) is 17.6. The van der Waals surface area contributed by atoms with Gasteiger partial charge in [0.15, 0.2) is 5.69 Å². The highest BCUT2D eigenvalue weighted by atomic mass is 16.5. The number of carbonyl (C=O) groups is 1. The Morgan fingerprint density at radius 3 is 3.00 bits per heavy atom. The Bertz CT molecular complexity index is 539. The van der Waals surface area contributed by atoms with E-state index < -0.39 is 6.10 Å². The lowest BCUT2D eigenvalue weighted by Gasteiger charge is -2.24. The molecule has 7 heteroatoms. The molecule has 0 aliphatic carbocycles. The third kappa shape index (κ3) is 2.46. The number of aliphatic hydroxyl groups excluding tert-OH is 1. The molecule has 7 nitrogen and oxygen atoms in total. The van der Waals surface area contributed by atoms with E-state index in [4.69, 9.17) is 4.74 Å². The number of amides is 1. The van der Waals surface area contributed by atoms with Crippen LogP contribution < -0.4 is 0 Å². The normalized spacial score (nSPS) is 26.7. The summed E-state index contributed by atoms with van der Waals surface area (Å²) in [5.41, 5.74) is 1.63. The Hall–Kier alpha value is -1.73. The summed E-state index contributed by atoms with van der Waals surface area (Å²) in [6.07, 6.45) is 3.95. The van der Waals surface area contributed by atoms with Gasteiger partial charge in [-0.05, 0) is 13.3 Å². The van der Waals surface area contributed by atoms with Crippen molar-refractivity contribution < 1.29 is 14.6 Å². The number of rotatable bonds is 2. The number of hydrogen-bond acceptors (Lipinski definition) is 5. The minimum Gasteiger partial charge on any atom is -0.388 e. The van der Waals surface area contributed by atoms with Gasteiger partial charge in [-0.3, -0.25) is 4.79 Å². The van der Waals surface area contributed by atoms with Gasteiger partial charge in [0.25, 0.3) is 5.91 Å². The standard InChI is InChI=1S/C13H18N4O3/c1-9-2-4-16(5-3-9)13(19)10-6-17(15-14-10)11-7-20-8-12(11)18/h2,6,11-12,18H,3-5,7-8H2,1H3/t11-,12-/m1/s1. The van der Waals surface area contributed by atoms with Gasteiger partial charge in [0.1, 0.15) is 12.1 Å². The first-order valence-corrected chi connectivity index (χ1v) is 6.77. The Balaban J connectivity index is 1.72. The smallest absolute Gasteiger partial charge is 0.276 e. The van der Waals surface area contributed by atoms with Crippen LogP contribution >= 0.6 is 0 Å². The second-order valence-corrected chi connectivity index (χ2v) is 5.31. The van der Waals surface area contributed by atoms with Gasteiger partial charge in [0, 0.05) is 13.1 Å². The van der Waals surface area contributed by atoms with Crippen molar-refractivity contribution in [1.29, 1.82) is 0 Å². The molecular formula is C13H18N4O3. The van der Waals surface area contributed by atoms with Gasteiger partial charge in [-0.2, -0.15) is 0 Å². The average Bonchev–Trinajstić information content (AvgIpc) is 3.07. The van der Waals surface area contributed by atoms with Crippen LogP contribution in [0.1, 0.15) is 29.9 Å². The fourth-order valence-corrected chi connectivity index (χ4v) is 2.44. The van der Waals surface area contributed by atoms with Gasteiger partial charge < -0.3 is 14.7 Å². The summed E-state index contributed by atoms with van der Waals surface area (Å²) in [5.74, 6) is -0.117. The molecule has 1 fully saturated rings. The van der Waals surface area contributed by atoms with Crippen LogP contribution in [-0.4, -0.2) is 63.3 Å². The van der Waals surface area contributed by atoms with Crippen LogP contribution in [0.15, 0.2) is 17.8 Å². The van der Waals surface area contributed by atoms with Crippen molar-refractivity contribution in [2.45, 2.75) is 25.5 Å². The van der Waals surface area contributed by atoms with Crippen molar-refractivity contribution in [2.24, 2.45) is 0 Å². The topological polar surface area (TPSA) is 80.5 Å². The maximum atomic E-state index is 12.3. The third-order valence-corrected chi connectivity index (χ3v) is 3.81. The van der Waals surface area contributed by atoms with E-state index >= 15 is 0 Å². The molecule has 20 heavy (non-hydrogen) atoms. The Morgan fingerprint density at radius 1 is 1.50 bits per heavy atom. The number of hydrogen-bond donors (Lipinski definition) is 1. The van der Waals surface area contributed by atoms with E-state index in [2.05, 4.69) is 23.3 Å². The zero-order valence-corrected chi connectivity index (χ0v) is 11.4. The number of carbonyl (C=O) groups excluding carboxylic acids is 1. The largest absolute Gasteiger partial charge is 0.388 e. The monoisotopic (exact) mass is 278 g/mol. The molecule has 1 aromatic rings. The van der Waals surface area contributed by atoms with Crippen molar-refractivity contribution in [2.75, 3.05) is 26.3 Å². The van der Waals surface area contributed by atoms with E-state index in [9.17, 15) is 9.90 Å². The van der Waals surface area contributed by atoms with Gasteiger partial charge in [0.2, 0.25) is 0 Å². The molecule has 3 rings (SSSR count). The number of aliphatic hydroxyl groups is 1. The molecule has 0 saturated carbocycles. The van der Waals surface area contributed by atoms with E-state index in [1.807, 2.05) is 0 Å². The van der Waals surface area contributed by atoms with Crippen LogP contribution in [0, 0.1) is 0 Å². The van der Waals surface area contributed by atoms with Gasteiger partial charge >= 0.3 is 0 Å². The molecule has 0 aromatic carbocycles. The van der Waals surface area contributed by atoms with Crippen LogP contribution in [0.5, 0.6) is 0 Å². The second kappa shape index (κ2) is 5.34. The fraction of sp³-hybridized carbons (Fsp3) is 0.615. The van der Waals surface area contributed by atoms with Crippen molar-refractivity contribution >= 4 is 5.91 Å². The van der Waals surface area contributed by atoms with Crippen LogP contribution in [0.4, 0.5) is 0 Å². The zero-order valence-electron chi connectivity index (χ0n) is 11.4. The Morgan fingerprint density at radius 2 is 2.35 bits per heavy atom. The lowest BCUT2D eigenvalue weighted by atomic mass is 10.1. The molecule has 1 saturated heterocycles. The molecule has 0 spiro atoms. The first kappa shape index (κ1) is 13.3. The molecular weight excluding hydrogens is 260 g/mol. The minimum absolute atomic E-state index is 0.117. The third-order valence-electron chi connectivity index (χ3n) is 3.81. The molecule has 0 radical (unpaired) electrons.